The molecule has 6 bridgehead atoms. The van der Waals surface area contributed by atoms with Crippen molar-refractivity contribution < 1.29 is 41.8 Å². The van der Waals surface area contributed by atoms with Gasteiger partial charge in [0.25, 0.3) is 0 Å². The maximum Gasteiger partial charge on any atom is 0.415 e. The summed E-state index contributed by atoms with van der Waals surface area (Å²) in [5, 5.41) is 3.92. The van der Waals surface area contributed by atoms with Crippen LogP contribution < -0.4 is 19.7 Å². The first kappa shape index (κ1) is 42.2. The van der Waals surface area contributed by atoms with E-state index in [0.717, 1.165) is 45.2 Å². The van der Waals surface area contributed by atoms with E-state index < -0.39 is 35.5 Å². The van der Waals surface area contributed by atoms with E-state index in [0.29, 0.717) is 30.5 Å². The number of alkyl halides is 1. The Morgan fingerprint density at radius 1 is 1.07 bits per heavy atom. The molecular weight excluding hydrogens is 794 g/mol. The lowest BCUT2D eigenvalue weighted by atomic mass is 9.85. The van der Waals surface area contributed by atoms with E-state index in [1.807, 2.05) is 0 Å². The first-order valence-corrected chi connectivity index (χ1v) is 21.0. The number of hydrogen-bond donors (Lipinski definition) is 1. The summed E-state index contributed by atoms with van der Waals surface area (Å²) >= 11 is 0. The van der Waals surface area contributed by atoms with E-state index >= 15 is 13.2 Å². The molecule has 6 aliphatic rings. The largest absolute Gasteiger partial charge is 0.461 e. The second kappa shape index (κ2) is 16.4. The molecule has 17 heteroatoms. The van der Waals surface area contributed by atoms with Crippen molar-refractivity contribution in [3.05, 3.63) is 47.7 Å². The van der Waals surface area contributed by atoms with Crippen molar-refractivity contribution in [2.45, 2.75) is 83.0 Å². The number of carbonyl (C=O) groups is 3. The number of carbonyl (C=O) groups excluding carboxylic acids is 3. The van der Waals surface area contributed by atoms with Gasteiger partial charge in [0.1, 0.15) is 41.4 Å². The minimum Gasteiger partial charge on any atom is -0.461 e. The van der Waals surface area contributed by atoms with Gasteiger partial charge < -0.3 is 34.2 Å². The molecule has 0 spiro atoms. The third kappa shape index (κ3) is 8.57. The Bertz CT molecular complexity index is 2350. The number of halogens is 3. The van der Waals surface area contributed by atoms with Gasteiger partial charge in [-0.1, -0.05) is 19.9 Å². The van der Waals surface area contributed by atoms with Crippen LogP contribution in [-0.4, -0.2) is 132 Å². The molecule has 3 amide bonds. The Labute approximate surface area is 352 Å². The van der Waals surface area contributed by atoms with Crippen LogP contribution in [0.15, 0.2) is 30.5 Å². The van der Waals surface area contributed by atoms with Gasteiger partial charge in [0.05, 0.1) is 29.6 Å². The molecule has 10 rings (SSSR count). The Morgan fingerprint density at radius 3 is 2.51 bits per heavy atom. The van der Waals surface area contributed by atoms with Crippen LogP contribution in [0.1, 0.15) is 64.9 Å². The molecular formula is C44H53F3N8O6. The second-order valence-corrected chi connectivity index (χ2v) is 18.4. The van der Waals surface area contributed by atoms with Gasteiger partial charge in [-0.25, -0.2) is 22.8 Å². The molecule has 4 saturated heterocycles. The van der Waals surface area contributed by atoms with Crippen LogP contribution in [0.5, 0.6) is 11.8 Å². The molecule has 14 nitrogen and oxygen atoms in total. The summed E-state index contributed by atoms with van der Waals surface area (Å²) in [4.78, 5) is 56.9. The highest BCUT2D eigenvalue weighted by atomic mass is 19.1. The quantitative estimate of drug-likeness (QED) is 0.216. The molecule has 1 N–H and O–H groups in total. The van der Waals surface area contributed by atoms with Gasteiger partial charge in [-0.2, -0.15) is 9.97 Å². The lowest BCUT2D eigenvalue weighted by molar-refractivity contribution is -0.115. The minimum atomic E-state index is -1.37. The zero-order valence-electron chi connectivity index (χ0n) is 35.4. The highest BCUT2D eigenvalue weighted by Crippen LogP contribution is 2.42. The normalized spacial score (nSPS) is 23.0. The molecule has 0 saturated carbocycles. The topological polar surface area (TPSA) is 143 Å². The number of fused-ring (bicyclic) bond motifs is 7. The maximum atomic E-state index is 17.5. The predicted octanol–water partition coefficient (Wildman–Crippen LogP) is 6.65. The standard InChI is InChI=1S/C41H46F3N7O5.C3H7NO/c1-39(2)20-50(21-39)38(53)56-26-15-24-8-9-30(43)27-7-4-14-54-37(52)48-40(3)17-25(42)19-49(22-40)35-29-18-45-33(28(16-26)31(24)27)32(44)34(29)46-36(47-35)55-23-41-10-5-12-51(41)13-6-11-41;1-4(2)3-5/h8-9,15-16,18,25H,4-7,10-14,17,19-23H2,1-3H3,(H,48,52);3H,1-2H3. The average molecular weight is 847 g/mol. The third-order valence-corrected chi connectivity index (χ3v) is 12.4. The fourth-order valence-electron chi connectivity index (χ4n) is 9.73. The number of aryl methyl sites for hydroxylation is 1. The molecule has 4 fully saturated rings. The van der Waals surface area contributed by atoms with Crippen LogP contribution in [0.4, 0.5) is 28.6 Å². The minimum absolute atomic E-state index is 0.0189. The van der Waals surface area contributed by atoms with Crippen molar-refractivity contribution in [2.24, 2.45) is 5.41 Å². The number of rotatable bonds is 5. The number of benzene rings is 2. The number of nitrogens with zero attached hydrogens (tertiary/aromatic N) is 7. The number of alkyl carbamates (subject to hydrolysis) is 1. The molecule has 4 aromatic rings. The molecule has 8 heterocycles. The van der Waals surface area contributed by atoms with Crippen LogP contribution in [0.2, 0.25) is 0 Å². The number of anilines is 1. The van der Waals surface area contributed by atoms with Gasteiger partial charge >= 0.3 is 18.2 Å². The molecule has 0 aliphatic carbocycles. The highest BCUT2D eigenvalue weighted by Gasteiger charge is 2.45. The lowest BCUT2D eigenvalue weighted by Crippen LogP contribution is -2.60. The zero-order chi connectivity index (χ0) is 43.3. The molecule has 61 heavy (non-hydrogen) atoms. The van der Waals surface area contributed by atoms with E-state index in [4.69, 9.17) is 19.2 Å². The molecule has 2 atom stereocenters. The summed E-state index contributed by atoms with van der Waals surface area (Å²) in [7, 11) is 3.38. The number of aromatic nitrogens is 3. The first-order valence-electron chi connectivity index (χ1n) is 21.0. The fraction of sp³-hybridized carbons (Fsp3) is 0.545. The van der Waals surface area contributed by atoms with Gasteiger partial charge in [-0.05, 0) is 93.1 Å². The Kier molecular flexibility index (Phi) is 11.4. The summed E-state index contributed by atoms with van der Waals surface area (Å²) in [6.45, 7) is 9.16. The van der Waals surface area contributed by atoms with Gasteiger partial charge in [-0.3, -0.25) is 14.7 Å². The number of pyridine rings is 1. The molecule has 0 radical (unpaired) electrons. The summed E-state index contributed by atoms with van der Waals surface area (Å²) < 4.78 is 66.8. The number of nitrogens with one attached hydrogen (secondary N) is 1. The second-order valence-electron chi connectivity index (χ2n) is 18.4. The first-order chi connectivity index (χ1) is 29.1. The average Bonchev–Trinajstić information content (AvgIpc) is 3.78. The van der Waals surface area contributed by atoms with E-state index in [2.05, 4.69) is 34.0 Å². The summed E-state index contributed by atoms with van der Waals surface area (Å²) in [6, 6.07) is 5.92. The van der Waals surface area contributed by atoms with E-state index in [1.165, 1.54) is 23.2 Å². The zero-order valence-corrected chi connectivity index (χ0v) is 35.4. The van der Waals surface area contributed by atoms with E-state index in [1.54, 1.807) is 43.0 Å². The van der Waals surface area contributed by atoms with Gasteiger partial charge in [0.15, 0.2) is 5.82 Å². The van der Waals surface area contributed by atoms with E-state index in [9.17, 15) is 14.4 Å². The van der Waals surface area contributed by atoms with Crippen LogP contribution in [0.25, 0.3) is 32.9 Å². The molecule has 2 aromatic carbocycles. The van der Waals surface area contributed by atoms with Crippen molar-refractivity contribution in [1.29, 1.82) is 0 Å². The lowest BCUT2D eigenvalue weighted by Gasteiger charge is -2.44. The number of likely N-dealkylation sites (tertiary alicyclic amines) is 1. The third-order valence-electron chi connectivity index (χ3n) is 12.4. The van der Waals surface area contributed by atoms with Crippen LogP contribution in [-0.2, 0) is 16.0 Å². The van der Waals surface area contributed by atoms with Gasteiger partial charge in [0.2, 0.25) is 6.41 Å². The van der Waals surface area contributed by atoms with Crippen LogP contribution >= 0.6 is 0 Å². The summed E-state index contributed by atoms with van der Waals surface area (Å²) in [5.74, 6) is -1.01. The number of piperidine rings is 1. The highest BCUT2D eigenvalue weighted by molar-refractivity contribution is 6.02. The summed E-state index contributed by atoms with van der Waals surface area (Å²) in [6.07, 6.45) is 3.96. The van der Waals surface area contributed by atoms with Crippen molar-refractivity contribution in [2.75, 3.05) is 71.5 Å². The smallest absolute Gasteiger partial charge is 0.415 e. The molecule has 326 valence electrons. The fourth-order valence-corrected chi connectivity index (χ4v) is 9.73. The maximum absolute atomic E-state index is 17.5. The molecule has 2 unspecified atom stereocenters. The number of amides is 3. The summed E-state index contributed by atoms with van der Waals surface area (Å²) in [5.41, 5.74) is -1.08. The molecule has 6 aliphatic heterocycles. The predicted molar refractivity (Wildman–Crippen MR) is 223 cm³/mol. The molecule has 2 aromatic heterocycles. The monoisotopic (exact) mass is 846 g/mol. The Morgan fingerprint density at radius 2 is 1.80 bits per heavy atom. The van der Waals surface area contributed by atoms with E-state index in [-0.39, 0.29) is 95.2 Å². The van der Waals surface area contributed by atoms with Crippen molar-refractivity contribution in [1.82, 2.24) is 35.0 Å². The SMILES string of the molecule is CC1(C)CN(C(=O)Oc2cc3c4c(c(F)ccc4c2)CCCOC(=O)NC2(C)CC(F)CN(C2)c2nc(OCC45CCCN4CCC5)nc4c(F)c-3ncc24)C1.CN(C)C=O. The van der Waals surface area contributed by atoms with Crippen LogP contribution in [0.3, 0.4) is 0 Å². The van der Waals surface area contributed by atoms with Crippen molar-refractivity contribution in [3.63, 3.8) is 0 Å². The number of ether oxygens (including phenoxy) is 3. The Hall–Kier alpha value is -5.45. The van der Waals surface area contributed by atoms with Crippen molar-refractivity contribution in [3.8, 4) is 23.0 Å². The van der Waals surface area contributed by atoms with Crippen LogP contribution in [0, 0.1) is 17.0 Å². The Balaban J connectivity index is 0.000000973. The van der Waals surface area contributed by atoms with Crippen molar-refractivity contribution >= 4 is 46.1 Å². The van der Waals surface area contributed by atoms with Gasteiger partial charge in [-0.15, -0.1) is 0 Å². The number of hydrogen-bond acceptors (Lipinski definition) is 11. The van der Waals surface area contributed by atoms with Gasteiger partial charge in [0, 0.05) is 57.3 Å².